The largest absolute Gasteiger partial charge is 0.483 e. The summed E-state index contributed by atoms with van der Waals surface area (Å²) in [4.78, 5) is 41.5. The molecule has 0 unspecified atom stereocenters. The Morgan fingerprint density at radius 3 is 2.57 bits per heavy atom. The zero-order valence-electron chi connectivity index (χ0n) is 18.2. The Morgan fingerprint density at radius 2 is 1.93 bits per heavy atom. The molecular weight excluding hydrogens is 384 g/mol. The number of aryl methyl sites for hydroxylation is 1. The lowest BCUT2D eigenvalue weighted by molar-refractivity contribution is -0.120. The second-order valence-electron chi connectivity index (χ2n) is 7.65. The first-order chi connectivity index (χ1) is 14.3. The summed E-state index contributed by atoms with van der Waals surface area (Å²) in [7, 11) is 0. The molecule has 0 fully saturated rings. The number of rotatable bonds is 10. The number of anilines is 2. The van der Waals surface area contributed by atoms with Gasteiger partial charge in [-0.1, -0.05) is 52.3 Å². The molecule has 8 heteroatoms. The number of ether oxygens (including phenoxy) is 1. The number of benzene rings is 1. The van der Waals surface area contributed by atoms with Gasteiger partial charge < -0.3 is 15.4 Å². The summed E-state index contributed by atoms with van der Waals surface area (Å²) in [6.45, 7) is 8.29. The standard InChI is InChI=1S/C22H32N4O4/c1-5-7-12-25(18(27)14-30-17-11-9-8-10-16(17)6-2)19-20(23)26(13-15(3)4)22(29)24-21(19)28/h8-11,15H,5-7,12-14,23H2,1-4H3,(H,24,28,29). The van der Waals surface area contributed by atoms with Crippen LogP contribution in [0.4, 0.5) is 11.5 Å². The molecule has 1 heterocycles. The summed E-state index contributed by atoms with van der Waals surface area (Å²) in [5, 5.41) is 0. The highest BCUT2D eigenvalue weighted by Crippen LogP contribution is 2.21. The van der Waals surface area contributed by atoms with Crippen LogP contribution in [0.15, 0.2) is 33.9 Å². The van der Waals surface area contributed by atoms with Crippen LogP contribution in [-0.2, 0) is 17.8 Å². The van der Waals surface area contributed by atoms with Crippen LogP contribution in [0.25, 0.3) is 0 Å². The fourth-order valence-corrected chi connectivity index (χ4v) is 3.22. The van der Waals surface area contributed by atoms with Crippen molar-refractivity contribution in [2.75, 3.05) is 23.8 Å². The smallest absolute Gasteiger partial charge is 0.330 e. The number of nitrogens with two attached hydrogens (primary N) is 1. The Hall–Kier alpha value is -3.03. The highest BCUT2D eigenvalue weighted by molar-refractivity contribution is 5.96. The number of nitrogens with one attached hydrogen (secondary N) is 1. The second-order valence-corrected chi connectivity index (χ2v) is 7.65. The average Bonchev–Trinajstić information content (AvgIpc) is 2.71. The lowest BCUT2D eigenvalue weighted by Crippen LogP contribution is -2.43. The summed E-state index contributed by atoms with van der Waals surface area (Å²) < 4.78 is 7.06. The molecule has 0 saturated carbocycles. The van der Waals surface area contributed by atoms with E-state index < -0.39 is 11.2 Å². The number of unbranched alkanes of at least 4 members (excludes halogenated alkanes) is 1. The predicted octanol–water partition coefficient (Wildman–Crippen LogP) is 2.55. The molecule has 0 aliphatic carbocycles. The third-order valence-electron chi connectivity index (χ3n) is 4.77. The van der Waals surface area contributed by atoms with E-state index in [4.69, 9.17) is 10.5 Å². The maximum atomic E-state index is 13.1. The first-order valence-corrected chi connectivity index (χ1v) is 10.4. The van der Waals surface area contributed by atoms with E-state index in [1.54, 1.807) is 0 Å². The fourth-order valence-electron chi connectivity index (χ4n) is 3.22. The highest BCUT2D eigenvalue weighted by atomic mass is 16.5. The van der Waals surface area contributed by atoms with Gasteiger partial charge >= 0.3 is 5.69 Å². The monoisotopic (exact) mass is 416 g/mol. The number of hydrogen-bond donors (Lipinski definition) is 2. The van der Waals surface area contributed by atoms with E-state index in [1.807, 2.05) is 52.0 Å². The van der Waals surface area contributed by atoms with Crippen LogP contribution in [0, 0.1) is 5.92 Å². The van der Waals surface area contributed by atoms with Gasteiger partial charge in [0.2, 0.25) is 0 Å². The Labute approximate surface area is 176 Å². The van der Waals surface area contributed by atoms with Gasteiger partial charge in [-0.2, -0.15) is 0 Å². The number of nitrogen functional groups attached to an aromatic ring is 1. The van der Waals surface area contributed by atoms with Crippen molar-refractivity contribution in [2.45, 2.75) is 53.5 Å². The van der Waals surface area contributed by atoms with E-state index in [0.717, 1.165) is 18.4 Å². The number of nitrogens with zero attached hydrogens (tertiary/aromatic N) is 2. The fraction of sp³-hybridized carbons (Fsp3) is 0.500. The molecule has 0 bridgehead atoms. The number of carbonyl (C=O) groups excluding carboxylic acids is 1. The molecule has 164 valence electrons. The number of aromatic amines is 1. The summed E-state index contributed by atoms with van der Waals surface area (Å²) >= 11 is 0. The summed E-state index contributed by atoms with van der Waals surface area (Å²) in [5.41, 5.74) is 5.95. The van der Waals surface area contributed by atoms with Crippen molar-refractivity contribution in [3.8, 4) is 5.75 Å². The summed E-state index contributed by atoms with van der Waals surface area (Å²) in [5.74, 6) is 0.380. The molecule has 0 saturated heterocycles. The van der Waals surface area contributed by atoms with Crippen molar-refractivity contribution >= 4 is 17.4 Å². The number of para-hydroxylation sites is 1. The molecule has 0 radical (unpaired) electrons. The van der Waals surface area contributed by atoms with Gasteiger partial charge in [0.15, 0.2) is 12.3 Å². The Kier molecular flexibility index (Phi) is 8.26. The molecule has 8 nitrogen and oxygen atoms in total. The van der Waals surface area contributed by atoms with E-state index in [9.17, 15) is 14.4 Å². The van der Waals surface area contributed by atoms with Crippen LogP contribution < -0.4 is 26.6 Å². The number of H-pyrrole nitrogens is 1. The van der Waals surface area contributed by atoms with Gasteiger partial charge in [-0.05, 0) is 30.4 Å². The van der Waals surface area contributed by atoms with Gasteiger partial charge in [-0.3, -0.25) is 19.1 Å². The van der Waals surface area contributed by atoms with Crippen LogP contribution in [0.3, 0.4) is 0 Å². The molecule has 1 amide bonds. The highest BCUT2D eigenvalue weighted by Gasteiger charge is 2.24. The zero-order chi connectivity index (χ0) is 22.3. The van der Waals surface area contributed by atoms with Crippen molar-refractivity contribution in [3.63, 3.8) is 0 Å². The van der Waals surface area contributed by atoms with Crippen molar-refractivity contribution in [1.82, 2.24) is 9.55 Å². The Balaban J connectivity index is 2.38. The number of carbonyl (C=O) groups is 1. The second kappa shape index (κ2) is 10.7. The first kappa shape index (κ1) is 23.3. The van der Waals surface area contributed by atoms with Gasteiger partial charge in [0.1, 0.15) is 11.6 Å². The van der Waals surface area contributed by atoms with Crippen LogP contribution in [0.2, 0.25) is 0 Å². The normalized spacial score (nSPS) is 11.0. The van der Waals surface area contributed by atoms with Crippen LogP contribution in [-0.4, -0.2) is 28.6 Å². The maximum Gasteiger partial charge on any atom is 0.330 e. The minimum atomic E-state index is -0.670. The van der Waals surface area contributed by atoms with Gasteiger partial charge in [0.05, 0.1) is 0 Å². The van der Waals surface area contributed by atoms with Gasteiger partial charge in [0, 0.05) is 13.1 Å². The number of hydrogen-bond acceptors (Lipinski definition) is 5. The molecule has 0 atom stereocenters. The third kappa shape index (κ3) is 5.52. The molecule has 1 aromatic carbocycles. The quantitative estimate of drug-likeness (QED) is 0.618. The molecule has 0 aliphatic rings. The van der Waals surface area contributed by atoms with Crippen LogP contribution in [0.1, 0.15) is 46.1 Å². The van der Waals surface area contributed by atoms with Crippen LogP contribution in [0.5, 0.6) is 5.75 Å². The van der Waals surface area contributed by atoms with E-state index in [0.29, 0.717) is 25.3 Å². The molecule has 0 aliphatic heterocycles. The summed E-state index contributed by atoms with van der Waals surface area (Å²) in [6.07, 6.45) is 2.28. The Morgan fingerprint density at radius 1 is 1.23 bits per heavy atom. The van der Waals surface area contributed by atoms with Gasteiger partial charge in [0.25, 0.3) is 11.5 Å². The minimum absolute atomic E-state index is 0.000997. The van der Waals surface area contributed by atoms with Crippen molar-refractivity contribution in [2.24, 2.45) is 5.92 Å². The van der Waals surface area contributed by atoms with E-state index >= 15 is 0 Å². The first-order valence-electron chi connectivity index (χ1n) is 10.4. The van der Waals surface area contributed by atoms with Crippen molar-refractivity contribution in [3.05, 3.63) is 50.7 Å². The lowest BCUT2D eigenvalue weighted by Gasteiger charge is -2.25. The van der Waals surface area contributed by atoms with Crippen molar-refractivity contribution in [1.29, 1.82) is 0 Å². The number of amides is 1. The van der Waals surface area contributed by atoms with Gasteiger partial charge in [-0.15, -0.1) is 0 Å². The molecule has 2 aromatic rings. The molecule has 3 N–H and O–H groups in total. The van der Waals surface area contributed by atoms with E-state index in [2.05, 4.69) is 4.98 Å². The third-order valence-corrected chi connectivity index (χ3v) is 4.77. The topological polar surface area (TPSA) is 110 Å². The lowest BCUT2D eigenvalue weighted by atomic mass is 10.1. The molecule has 1 aromatic heterocycles. The Bertz CT molecular complexity index is 978. The molecular formula is C22H32N4O4. The van der Waals surface area contributed by atoms with E-state index in [1.165, 1.54) is 9.47 Å². The number of aromatic nitrogens is 2. The zero-order valence-corrected chi connectivity index (χ0v) is 18.2. The molecule has 2 rings (SSSR count). The SMILES string of the molecule is CCCCN(C(=O)COc1ccccc1CC)c1c(N)n(CC(C)C)c(=O)[nH]c1=O. The van der Waals surface area contributed by atoms with E-state index in [-0.39, 0.29) is 29.9 Å². The van der Waals surface area contributed by atoms with Gasteiger partial charge in [-0.25, -0.2) is 4.79 Å². The maximum absolute atomic E-state index is 13.1. The molecule has 0 spiro atoms. The molecule has 30 heavy (non-hydrogen) atoms. The minimum Gasteiger partial charge on any atom is -0.483 e. The predicted molar refractivity (Wildman–Crippen MR) is 119 cm³/mol. The summed E-state index contributed by atoms with van der Waals surface area (Å²) in [6, 6.07) is 7.52. The average molecular weight is 417 g/mol. The van der Waals surface area contributed by atoms with Crippen LogP contribution >= 0.6 is 0 Å². The van der Waals surface area contributed by atoms with Crippen molar-refractivity contribution < 1.29 is 9.53 Å².